The van der Waals surface area contributed by atoms with Crippen molar-refractivity contribution in [1.82, 2.24) is 5.32 Å². The molecule has 0 spiro atoms. The van der Waals surface area contributed by atoms with Crippen LogP contribution in [0.5, 0.6) is 5.75 Å². The molecule has 0 aliphatic carbocycles. The second-order valence-corrected chi connectivity index (χ2v) is 6.23. The van der Waals surface area contributed by atoms with E-state index < -0.39 is 0 Å². The van der Waals surface area contributed by atoms with Crippen molar-refractivity contribution in [3.05, 3.63) is 63.6 Å². The molecule has 2 nitrogen and oxygen atoms in total. The minimum absolute atomic E-state index is 0.391. The van der Waals surface area contributed by atoms with E-state index in [0.717, 1.165) is 18.4 Å². The maximum absolute atomic E-state index is 6.15. The summed E-state index contributed by atoms with van der Waals surface area (Å²) in [5, 5.41) is 4.67. The Morgan fingerprint density at radius 3 is 2.55 bits per heavy atom. The van der Waals surface area contributed by atoms with Crippen molar-refractivity contribution in [3.8, 4) is 5.75 Å². The highest BCUT2D eigenvalue weighted by Gasteiger charge is 2.11. The van der Waals surface area contributed by atoms with Crippen LogP contribution >= 0.6 is 23.2 Å². The van der Waals surface area contributed by atoms with Gasteiger partial charge < -0.3 is 10.1 Å². The topological polar surface area (TPSA) is 21.3 Å². The van der Waals surface area contributed by atoms with E-state index >= 15 is 0 Å². The Kier molecular flexibility index (Phi) is 6.56. The average molecular weight is 338 g/mol. The summed E-state index contributed by atoms with van der Waals surface area (Å²) in [5.74, 6) is 0.689. The molecule has 0 amide bonds. The quantitative estimate of drug-likeness (QED) is 0.757. The van der Waals surface area contributed by atoms with Gasteiger partial charge in [-0.2, -0.15) is 0 Å². The molecule has 0 fully saturated rings. The summed E-state index contributed by atoms with van der Waals surface area (Å²) < 4.78 is 5.36. The Balaban J connectivity index is 1.90. The van der Waals surface area contributed by atoms with Gasteiger partial charge in [0.1, 0.15) is 5.75 Å². The lowest BCUT2D eigenvalue weighted by Gasteiger charge is -2.16. The molecule has 2 rings (SSSR count). The summed E-state index contributed by atoms with van der Waals surface area (Å²) in [4.78, 5) is 0. The number of halogens is 2. The fourth-order valence-electron chi connectivity index (χ4n) is 2.39. The van der Waals surface area contributed by atoms with Gasteiger partial charge in [-0.1, -0.05) is 53.5 Å². The molecular weight excluding hydrogens is 317 g/mol. The zero-order valence-electron chi connectivity index (χ0n) is 12.9. The monoisotopic (exact) mass is 337 g/mol. The molecule has 0 aliphatic heterocycles. The lowest BCUT2D eigenvalue weighted by molar-refractivity contribution is 0.405. The van der Waals surface area contributed by atoms with Crippen LogP contribution in [0.2, 0.25) is 10.0 Å². The highest BCUT2D eigenvalue weighted by molar-refractivity contribution is 6.35. The third-order valence-electron chi connectivity index (χ3n) is 3.64. The largest absolute Gasteiger partial charge is 0.495 e. The molecule has 0 radical (unpaired) electrons. The fraction of sp³-hybridized carbons (Fsp3) is 0.333. The first-order chi connectivity index (χ1) is 10.6. The van der Waals surface area contributed by atoms with Gasteiger partial charge in [0.25, 0.3) is 0 Å². The van der Waals surface area contributed by atoms with E-state index in [0.29, 0.717) is 28.4 Å². The molecule has 22 heavy (non-hydrogen) atoms. The molecule has 0 aliphatic rings. The minimum atomic E-state index is 0.391. The first-order valence-electron chi connectivity index (χ1n) is 7.39. The van der Waals surface area contributed by atoms with Crippen LogP contribution in [0, 0.1) is 0 Å². The number of benzene rings is 2. The molecule has 2 aromatic rings. The maximum Gasteiger partial charge on any atom is 0.142 e. The molecule has 0 saturated carbocycles. The van der Waals surface area contributed by atoms with Gasteiger partial charge in [-0.05, 0) is 37.5 Å². The molecule has 2 aromatic carbocycles. The van der Waals surface area contributed by atoms with Crippen LogP contribution < -0.4 is 10.1 Å². The Morgan fingerprint density at radius 2 is 1.86 bits per heavy atom. The third-order valence-corrected chi connectivity index (χ3v) is 4.14. The summed E-state index contributed by atoms with van der Waals surface area (Å²) in [6, 6.07) is 14.5. The maximum atomic E-state index is 6.15. The van der Waals surface area contributed by atoms with Gasteiger partial charge in [-0.3, -0.25) is 0 Å². The zero-order valence-corrected chi connectivity index (χ0v) is 14.4. The molecule has 0 unspecified atom stereocenters. The van der Waals surface area contributed by atoms with E-state index in [-0.39, 0.29) is 0 Å². The van der Waals surface area contributed by atoms with E-state index in [1.54, 1.807) is 13.2 Å². The highest BCUT2D eigenvalue weighted by atomic mass is 35.5. The van der Waals surface area contributed by atoms with Gasteiger partial charge in [0.2, 0.25) is 0 Å². The number of methoxy groups -OCH3 is 1. The van der Waals surface area contributed by atoms with Crippen molar-refractivity contribution in [3.63, 3.8) is 0 Å². The highest BCUT2D eigenvalue weighted by Crippen LogP contribution is 2.32. The molecule has 0 bridgehead atoms. The van der Waals surface area contributed by atoms with Crippen LogP contribution in [-0.2, 0) is 13.0 Å². The molecule has 1 atom stereocenters. The number of rotatable bonds is 7. The normalized spacial score (nSPS) is 12.2. The Bertz CT molecular complexity index is 602. The molecule has 4 heteroatoms. The number of nitrogens with one attached hydrogen (secondary N) is 1. The second kappa shape index (κ2) is 8.42. The van der Waals surface area contributed by atoms with Crippen LogP contribution in [0.25, 0.3) is 0 Å². The number of hydrogen-bond acceptors (Lipinski definition) is 2. The molecule has 0 saturated heterocycles. The average Bonchev–Trinajstić information content (AvgIpc) is 2.51. The molecule has 1 N–H and O–H groups in total. The molecule has 0 heterocycles. The van der Waals surface area contributed by atoms with E-state index in [9.17, 15) is 0 Å². The molecule has 118 valence electrons. The molecular formula is C18H21Cl2NO. The van der Waals surface area contributed by atoms with Gasteiger partial charge in [0.15, 0.2) is 0 Å². The van der Waals surface area contributed by atoms with E-state index in [4.69, 9.17) is 27.9 Å². The summed E-state index contributed by atoms with van der Waals surface area (Å²) in [5.41, 5.74) is 2.34. The van der Waals surface area contributed by atoms with Crippen molar-refractivity contribution >= 4 is 23.2 Å². The Hall–Kier alpha value is -1.22. The van der Waals surface area contributed by atoms with Gasteiger partial charge >= 0.3 is 0 Å². The van der Waals surface area contributed by atoms with Crippen molar-refractivity contribution in [2.75, 3.05) is 7.11 Å². The predicted octanol–water partition coefficient (Wildman–Crippen LogP) is 5.11. The lowest BCUT2D eigenvalue weighted by Crippen LogP contribution is -2.26. The van der Waals surface area contributed by atoms with Crippen molar-refractivity contribution in [2.45, 2.75) is 32.4 Å². The standard InChI is InChI=1S/C18H21Cl2NO/c1-13(8-9-14-6-4-3-5-7-14)21-12-15-10-16(19)11-17(20)18(15)22-2/h3-7,10-11,13,21H,8-9,12H2,1-2H3/t13-/m0/s1. The summed E-state index contributed by atoms with van der Waals surface area (Å²) in [7, 11) is 1.62. The van der Waals surface area contributed by atoms with Gasteiger partial charge in [0.05, 0.1) is 12.1 Å². The van der Waals surface area contributed by atoms with Gasteiger partial charge in [-0.25, -0.2) is 0 Å². The number of aryl methyl sites for hydroxylation is 1. The Labute approximate surface area is 142 Å². The summed E-state index contributed by atoms with van der Waals surface area (Å²) >= 11 is 12.2. The van der Waals surface area contributed by atoms with Gasteiger partial charge in [0, 0.05) is 23.2 Å². The fourth-order valence-corrected chi connectivity index (χ4v) is 3.00. The van der Waals surface area contributed by atoms with Crippen LogP contribution in [0.1, 0.15) is 24.5 Å². The van der Waals surface area contributed by atoms with Crippen LogP contribution in [0.3, 0.4) is 0 Å². The van der Waals surface area contributed by atoms with E-state index in [1.165, 1.54) is 5.56 Å². The number of ether oxygens (including phenoxy) is 1. The van der Waals surface area contributed by atoms with Crippen molar-refractivity contribution in [1.29, 1.82) is 0 Å². The first-order valence-corrected chi connectivity index (χ1v) is 8.15. The predicted molar refractivity (Wildman–Crippen MR) is 94.1 cm³/mol. The number of hydrogen-bond donors (Lipinski definition) is 1. The minimum Gasteiger partial charge on any atom is -0.495 e. The van der Waals surface area contributed by atoms with Gasteiger partial charge in [-0.15, -0.1) is 0 Å². The zero-order chi connectivity index (χ0) is 15.9. The van der Waals surface area contributed by atoms with Crippen LogP contribution in [0.15, 0.2) is 42.5 Å². The van der Waals surface area contributed by atoms with Crippen molar-refractivity contribution < 1.29 is 4.74 Å². The van der Waals surface area contributed by atoms with Crippen molar-refractivity contribution in [2.24, 2.45) is 0 Å². The van der Waals surface area contributed by atoms with E-state index in [2.05, 4.69) is 36.5 Å². The second-order valence-electron chi connectivity index (χ2n) is 5.39. The molecule has 0 aromatic heterocycles. The summed E-state index contributed by atoms with van der Waals surface area (Å²) in [6.45, 7) is 2.86. The van der Waals surface area contributed by atoms with E-state index in [1.807, 2.05) is 12.1 Å². The SMILES string of the molecule is COc1c(Cl)cc(Cl)cc1CN[C@@H](C)CCc1ccccc1. The summed E-state index contributed by atoms with van der Waals surface area (Å²) in [6.07, 6.45) is 2.13. The lowest BCUT2D eigenvalue weighted by atomic mass is 10.1. The smallest absolute Gasteiger partial charge is 0.142 e. The van der Waals surface area contributed by atoms with Crippen LogP contribution in [-0.4, -0.2) is 13.2 Å². The Morgan fingerprint density at radius 1 is 1.14 bits per heavy atom. The van der Waals surface area contributed by atoms with Crippen LogP contribution in [0.4, 0.5) is 0 Å². The third kappa shape index (κ3) is 4.91. The first kappa shape index (κ1) is 17.1.